The van der Waals surface area contributed by atoms with Gasteiger partial charge in [-0.25, -0.2) is 0 Å². The Kier molecular flexibility index (Phi) is 4.53. The quantitative estimate of drug-likeness (QED) is 0.473. The molecule has 1 saturated carbocycles. The molecule has 25 heavy (non-hydrogen) atoms. The summed E-state index contributed by atoms with van der Waals surface area (Å²) in [6, 6.07) is 9.57. The Balaban J connectivity index is 1.76. The highest BCUT2D eigenvalue weighted by Crippen LogP contribution is 2.70. The third-order valence-corrected chi connectivity index (χ3v) is 9.59. The van der Waals surface area contributed by atoms with Gasteiger partial charge in [0.2, 0.25) is 7.37 Å². The summed E-state index contributed by atoms with van der Waals surface area (Å²) in [4.78, 5) is 0. The van der Waals surface area contributed by atoms with Crippen molar-refractivity contribution in [2.45, 2.75) is 18.5 Å². The maximum atomic E-state index is 14.3. The molecule has 3 aliphatic carbocycles. The molecule has 2 bridgehead atoms. The normalized spacial score (nSPS) is 37.1. The molecule has 0 saturated heterocycles. The second-order valence-corrected chi connectivity index (χ2v) is 11.2. The second-order valence-electron chi connectivity index (χ2n) is 7.31. The first kappa shape index (κ1) is 17.6. The minimum absolute atomic E-state index is 0.132. The van der Waals surface area contributed by atoms with Crippen molar-refractivity contribution in [3.8, 4) is 0 Å². The zero-order valence-electron chi connectivity index (χ0n) is 14.0. The minimum Gasteiger partial charge on any atom is -0.320 e. The van der Waals surface area contributed by atoms with Crippen molar-refractivity contribution in [2.75, 3.05) is 6.61 Å². The monoisotopic (exact) mass is 394 g/mol. The fourth-order valence-corrected chi connectivity index (χ4v) is 7.98. The molecule has 0 amide bonds. The molecule has 4 rings (SSSR count). The lowest BCUT2D eigenvalue weighted by atomic mass is 9.80. The van der Waals surface area contributed by atoms with Crippen molar-refractivity contribution in [1.29, 1.82) is 0 Å². The van der Waals surface area contributed by atoms with Crippen molar-refractivity contribution in [3.63, 3.8) is 0 Å². The fourth-order valence-electron chi connectivity index (χ4n) is 4.98. The highest BCUT2D eigenvalue weighted by molar-refractivity contribution is 7.68. The summed E-state index contributed by atoms with van der Waals surface area (Å²) in [5.41, 5.74) is 0. The molecule has 1 aromatic rings. The van der Waals surface area contributed by atoms with Gasteiger partial charge in [0.1, 0.15) is 4.49 Å². The molecule has 2 nitrogen and oxygen atoms in total. The van der Waals surface area contributed by atoms with Crippen LogP contribution in [-0.4, -0.2) is 11.8 Å². The summed E-state index contributed by atoms with van der Waals surface area (Å²) in [6.07, 6.45) is 11.8. The molecular weight excluding hydrogens is 374 g/mol. The minimum atomic E-state index is -3.17. The number of allylic oxidation sites excluding steroid dienone is 4. The predicted octanol–water partition coefficient (Wildman–Crippen LogP) is 5.69. The number of fused-ring (bicyclic) bond motifs is 5. The molecular formula is C20H21Cl2O2P. The van der Waals surface area contributed by atoms with Gasteiger partial charge in [0.25, 0.3) is 0 Å². The van der Waals surface area contributed by atoms with E-state index >= 15 is 0 Å². The van der Waals surface area contributed by atoms with Gasteiger partial charge in [-0.1, -0.05) is 65.7 Å². The van der Waals surface area contributed by atoms with Crippen LogP contribution in [0.4, 0.5) is 0 Å². The first-order chi connectivity index (χ1) is 12.0. The van der Waals surface area contributed by atoms with E-state index in [2.05, 4.69) is 31.2 Å². The lowest BCUT2D eigenvalue weighted by Gasteiger charge is -2.41. The van der Waals surface area contributed by atoms with Gasteiger partial charge in [0.15, 0.2) is 0 Å². The van der Waals surface area contributed by atoms with Crippen molar-refractivity contribution in [3.05, 3.63) is 65.2 Å². The number of hydrogen-bond acceptors (Lipinski definition) is 2. The van der Waals surface area contributed by atoms with Crippen LogP contribution in [0.1, 0.15) is 13.3 Å². The Labute approximate surface area is 159 Å². The van der Waals surface area contributed by atoms with Gasteiger partial charge in [0.05, 0.1) is 11.8 Å². The Morgan fingerprint density at radius 2 is 1.96 bits per heavy atom. The van der Waals surface area contributed by atoms with Crippen LogP contribution in [0.2, 0.25) is 0 Å². The van der Waals surface area contributed by atoms with Crippen LogP contribution in [0.5, 0.6) is 0 Å². The van der Waals surface area contributed by atoms with Crippen LogP contribution in [0.25, 0.3) is 0 Å². The molecule has 1 fully saturated rings. The molecule has 0 spiro atoms. The predicted molar refractivity (Wildman–Crippen MR) is 105 cm³/mol. The first-order valence-corrected chi connectivity index (χ1v) is 11.0. The Hall–Kier alpha value is -0.790. The third-order valence-electron chi connectivity index (χ3n) is 6.08. The zero-order chi connectivity index (χ0) is 17.7. The lowest BCUT2D eigenvalue weighted by Crippen LogP contribution is -2.39. The van der Waals surface area contributed by atoms with Crippen molar-refractivity contribution >= 4 is 35.9 Å². The van der Waals surface area contributed by atoms with E-state index in [1.807, 2.05) is 30.3 Å². The smallest absolute Gasteiger partial charge is 0.242 e. The van der Waals surface area contributed by atoms with E-state index in [0.717, 1.165) is 11.7 Å². The van der Waals surface area contributed by atoms with Gasteiger partial charge in [-0.3, -0.25) is 4.57 Å². The van der Waals surface area contributed by atoms with Gasteiger partial charge < -0.3 is 4.52 Å². The molecule has 5 heteroatoms. The molecule has 0 heterocycles. The Morgan fingerprint density at radius 3 is 2.68 bits per heavy atom. The molecule has 0 aliphatic heterocycles. The number of halogens is 2. The van der Waals surface area contributed by atoms with Crippen LogP contribution in [0, 0.1) is 23.7 Å². The average Bonchev–Trinajstić information content (AvgIpc) is 3.29. The summed E-state index contributed by atoms with van der Waals surface area (Å²) in [5, 5.41) is 0.240. The summed E-state index contributed by atoms with van der Waals surface area (Å²) >= 11 is 11.4. The van der Waals surface area contributed by atoms with Gasteiger partial charge in [-0.15, -0.1) is 0 Å². The van der Waals surface area contributed by atoms with Crippen molar-refractivity contribution < 1.29 is 9.09 Å². The zero-order valence-corrected chi connectivity index (χ0v) is 16.4. The van der Waals surface area contributed by atoms with E-state index in [-0.39, 0.29) is 11.1 Å². The van der Waals surface area contributed by atoms with E-state index < -0.39 is 12.5 Å². The van der Waals surface area contributed by atoms with Gasteiger partial charge >= 0.3 is 0 Å². The van der Waals surface area contributed by atoms with Crippen molar-refractivity contribution in [2.24, 2.45) is 23.7 Å². The highest BCUT2D eigenvalue weighted by Gasteiger charge is 2.61. The molecule has 2 unspecified atom stereocenters. The third kappa shape index (κ3) is 2.70. The van der Waals surface area contributed by atoms with Crippen LogP contribution in [0.15, 0.2) is 65.2 Å². The summed E-state index contributed by atoms with van der Waals surface area (Å²) in [5.74, 6) is 1.84. The van der Waals surface area contributed by atoms with Gasteiger partial charge in [-0.05, 0) is 55.2 Å². The van der Waals surface area contributed by atoms with E-state index in [1.54, 1.807) is 6.08 Å². The summed E-state index contributed by atoms with van der Waals surface area (Å²) < 4.78 is 20.5. The topological polar surface area (TPSA) is 26.3 Å². The molecule has 0 N–H and O–H groups in total. The molecule has 3 aliphatic rings. The standard InChI is InChI=1S/C20H21Cl2O2P/c1-20(11-9-17-14-7-8-15(13-14)19(17)20)25(23,24-12-10-18(21)22)16-5-3-2-4-6-16/h2-11,14-15,17,19H,12-13H2,1H3/t14?,15?,17-,19+,20-,25+/m1/s1. The lowest BCUT2D eigenvalue weighted by molar-refractivity contribution is 0.288. The first-order valence-electron chi connectivity index (χ1n) is 8.65. The highest BCUT2D eigenvalue weighted by atomic mass is 35.5. The molecule has 132 valence electrons. The fraction of sp³-hybridized carbons (Fsp3) is 0.400. The molecule has 1 aromatic carbocycles. The summed E-state index contributed by atoms with van der Waals surface area (Å²) in [6.45, 7) is 2.24. The van der Waals surface area contributed by atoms with E-state index in [4.69, 9.17) is 27.7 Å². The van der Waals surface area contributed by atoms with Gasteiger partial charge in [0, 0.05) is 5.30 Å². The van der Waals surface area contributed by atoms with E-state index in [0.29, 0.717) is 23.7 Å². The van der Waals surface area contributed by atoms with Gasteiger partial charge in [-0.2, -0.15) is 0 Å². The summed E-state index contributed by atoms with van der Waals surface area (Å²) in [7, 11) is -3.17. The van der Waals surface area contributed by atoms with Crippen LogP contribution in [0.3, 0.4) is 0 Å². The molecule has 0 radical (unpaired) electrons. The van der Waals surface area contributed by atoms with E-state index in [1.165, 1.54) is 0 Å². The maximum absolute atomic E-state index is 14.3. The van der Waals surface area contributed by atoms with Crippen LogP contribution >= 0.6 is 30.6 Å². The Bertz CT molecular complexity index is 797. The van der Waals surface area contributed by atoms with Crippen LogP contribution in [-0.2, 0) is 9.09 Å². The Morgan fingerprint density at radius 1 is 1.24 bits per heavy atom. The molecule has 0 aromatic heterocycles. The average molecular weight is 395 g/mol. The van der Waals surface area contributed by atoms with Crippen LogP contribution < -0.4 is 5.30 Å². The second kappa shape index (κ2) is 6.43. The SMILES string of the molecule is C[C@@]1([P@@](=O)(OCC=C(Cl)Cl)c2ccccc2)C=C[C@@H]2C3C=CC(C3)[C@@H]21. The van der Waals surface area contributed by atoms with E-state index in [9.17, 15) is 4.57 Å². The largest absolute Gasteiger partial charge is 0.320 e. The number of benzene rings is 1. The number of rotatable bonds is 5. The number of hydrogen-bond donors (Lipinski definition) is 0. The maximum Gasteiger partial charge on any atom is 0.242 e. The van der Waals surface area contributed by atoms with Crippen molar-refractivity contribution in [1.82, 2.24) is 0 Å². The molecule has 6 atom stereocenters.